The molecule has 2 aromatic heterocycles. The number of hydrogen-bond acceptors (Lipinski definition) is 3. The molecule has 3 aromatic rings. The Hall–Kier alpha value is -3.07. The second kappa shape index (κ2) is 7.28. The molecule has 2 amide bonds. The third-order valence-electron chi connectivity index (χ3n) is 3.57. The van der Waals surface area contributed by atoms with Gasteiger partial charge in [0.15, 0.2) is 0 Å². The molecule has 0 unspecified atom stereocenters. The van der Waals surface area contributed by atoms with Crippen LogP contribution in [0.15, 0.2) is 48.8 Å². The number of hydrogen-bond donors (Lipinski definition) is 2. The van der Waals surface area contributed by atoms with E-state index in [9.17, 15) is 22.8 Å². The van der Waals surface area contributed by atoms with Crippen molar-refractivity contribution in [2.75, 3.05) is 5.32 Å². The molecule has 140 valence electrons. The summed E-state index contributed by atoms with van der Waals surface area (Å²) >= 11 is 5.88. The maximum atomic E-state index is 12.5. The second-order valence-electron chi connectivity index (χ2n) is 5.56. The van der Waals surface area contributed by atoms with E-state index in [0.717, 1.165) is 24.3 Å². The number of nitrogens with zero attached hydrogens (tertiary/aromatic N) is 2. The van der Waals surface area contributed by atoms with Gasteiger partial charge in [-0.05, 0) is 36.4 Å². The highest BCUT2D eigenvalue weighted by Crippen LogP contribution is 2.29. The Labute approximate surface area is 156 Å². The average Bonchev–Trinajstić information content (AvgIpc) is 3.01. The van der Waals surface area contributed by atoms with Crippen molar-refractivity contribution in [3.63, 3.8) is 0 Å². The van der Waals surface area contributed by atoms with Crippen LogP contribution < -0.4 is 10.6 Å². The lowest BCUT2D eigenvalue weighted by Crippen LogP contribution is -2.35. The Morgan fingerprint density at radius 3 is 2.41 bits per heavy atom. The van der Waals surface area contributed by atoms with Gasteiger partial charge < -0.3 is 15.0 Å². The van der Waals surface area contributed by atoms with E-state index in [1.807, 2.05) is 0 Å². The molecule has 0 spiro atoms. The standard InChI is InChI=1S/C17H12ClF3N4O2/c18-11-3-6-14-23-13(9-25(14)8-11)7-22-15(26)16(27)24-12-4-1-10(2-5-12)17(19,20)21/h1-6,8-9H,7H2,(H,22,26)(H,24,27). The maximum Gasteiger partial charge on any atom is 0.416 e. The van der Waals surface area contributed by atoms with Crippen molar-refractivity contribution in [2.45, 2.75) is 12.7 Å². The summed E-state index contributed by atoms with van der Waals surface area (Å²) in [6.07, 6.45) is -1.18. The molecular formula is C17H12ClF3N4O2. The first-order valence-corrected chi connectivity index (χ1v) is 8.00. The highest BCUT2D eigenvalue weighted by atomic mass is 35.5. The van der Waals surface area contributed by atoms with Gasteiger partial charge in [0.05, 0.1) is 22.8 Å². The molecule has 6 nitrogen and oxygen atoms in total. The summed E-state index contributed by atoms with van der Waals surface area (Å²) < 4.78 is 39.2. The van der Waals surface area contributed by atoms with Crippen LogP contribution in [0, 0.1) is 0 Å². The Bertz CT molecular complexity index is 1000. The smallest absolute Gasteiger partial charge is 0.342 e. The van der Waals surface area contributed by atoms with Crippen molar-refractivity contribution in [1.82, 2.24) is 14.7 Å². The maximum absolute atomic E-state index is 12.5. The van der Waals surface area contributed by atoms with Gasteiger partial charge >= 0.3 is 18.0 Å². The highest BCUT2D eigenvalue weighted by Gasteiger charge is 2.30. The summed E-state index contributed by atoms with van der Waals surface area (Å²) in [4.78, 5) is 28.0. The summed E-state index contributed by atoms with van der Waals surface area (Å²) in [5.41, 5.74) is 0.355. The molecule has 0 bridgehead atoms. The van der Waals surface area contributed by atoms with Crippen LogP contribution in [0.25, 0.3) is 5.65 Å². The number of fused-ring (bicyclic) bond motifs is 1. The number of halogens is 4. The van der Waals surface area contributed by atoms with Crippen LogP contribution in [0.3, 0.4) is 0 Å². The van der Waals surface area contributed by atoms with Gasteiger partial charge in [-0.15, -0.1) is 0 Å². The van der Waals surface area contributed by atoms with E-state index in [-0.39, 0.29) is 12.2 Å². The lowest BCUT2D eigenvalue weighted by Gasteiger charge is -2.08. The number of carbonyl (C=O) groups excluding carboxylic acids is 2. The SMILES string of the molecule is O=C(NCc1cn2cc(Cl)ccc2n1)C(=O)Nc1ccc(C(F)(F)F)cc1. The minimum Gasteiger partial charge on any atom is -0.342 e. The summed E-state index contributed by atoms with van der Waals surface area (Å²) in [5, 5.41) is 5.14. The molecule has 0 radical (unpaired) electrons. The third-order valence-corrected chi connectivity index (χ3v) is 3.79. The number of pyridine rings is 1. The molecule has 0 saturated heterocycles. The predicted octanol–water partition coefficient (Wildman–Crippen LogP) is 3.26. The zero-order valence-corrected chi connectivity index (χ0v) is 14.3. The van der Waals surface area contributed by atoms with Crippen molar-refractivity contribution in [1.29, 1.82) is 0 Å². The van der Waals surface area contributed by atoms with E-state index >= 15 is 0 Å². The molecule has 3 rings (SSSR count). The normalized spacial score (nSPS) is 11.4. The van der Waals surface area contributed by atoms with E-state index in [2.05, 4.69) is 15.6 Å². The van der Waals surface area contributed by atoms with E-state index in [4.69, 9.17) is 11.6 Å². The van der Waals surface area contributed by atoms with Gasteiger partial charge in [0.2, 0.25) is 0 Å². The number of anilines is 1. The van der Waals surface area contributed by atoms with Crippen molar-refractivity contribution < 1.29 is 22.8 Å². The topological polar surface area (TPSA) is 75.5 Å². The first-order valence-electron chi connectivity index (χ1n) is 7.62. The van der Waals surface area contributed by atoms with Gasteiger partial charge in [-0.25, -0.2) is 4.98 Å². The Morgan fingerprint density at radius 2 is 1.74 bits per heavy atom. The molecule has 10 heteroatoms. The third kappa shape index (κ3) is 4.56. The molecule has 0 atom stereocenters. The summed E-state index contributed by atoms with van der Waals surface area (Å²) in [7, 11) is 0. The molecule has 0 saturated carbocycles. The van der Waals surface area contributed by atoms with Crippen LogP contribution in [0.2, 0.25) is 5.02 Å². The molecule has 27 heavy (non-hydrogen) atoms. The number of imidazole rings is 1. The van der Waals surface area contributed by atoms with Crippen molar-refractivity contribution in [3.8, 4) is 0 Å². The molecule has 2 heterocycles. The zero-order chi connectivity index (χ0) is 19.6. The first kappa shape index (κ1) is 18.7. The highest BCUT2D eigenvalue weighted by molar-refractivity contribution is 6.39. The largest absolute Gasteiger partial charge is 0.416 e. The molecule has 1 aromatic carbocycles. The number of alkyl halides is 3. The van der Waals surface area contributed by atoms with Gasteiger partial charge in [0.25, 0.3) is 0 Å². The Kier molecular flexibility index (Phi) is 5.04. The van der Waals surface area contributed by atoms with Gasteiger partial charge in [0.1, 0.15) is 5.65 Å². The lowest BCUT2D eigenvalue weighted by molar-refractivity contribution is -0.137. The van der Waals surface area contributed by atoms with Crippen LogP contribution in [0.4, 0.5) is 18.9 Å². The van der Waals surface area contributed by atoms with Crippen LogP contribution in [-0.2, 0) is 22.3 Å². The lowest BCUT2D eigenvalue weighted by atomic mass is 10.2. The zero-order valence-electron chi connectivity index (χ0n) is 13.5. The minimum absolute atomic E-state index is 0.00142. The molecule has 0 aliphatic heterocycles. The molecule has 0 aliphatic rings. The molecule has 2 N–H and O–H groups in total. The van der Waals surface area contributed by atoms with E-state index in [1.54, 1.807) is 28.9 Å². The fourth-order valence-corrected chi connectivity index (χ4v) is 2.45. The van der Waals surface area contributed by atoms with Crippen LogP contribution in [-0.4, -0.2) is 21.2 Å². The molecule has 0 fully saturated rings. The number of nitrogens with one attached hydrogen (secondary N) is 2. The van der Waals surface area contributed by atoms with Gasteiger partial charge in [-0.2, -0.15) is 13.2 Å². The Balaban J connectivity index is 1.57. The number of amides is 2. The van der Waals surface area contributed by atoms with Gasteiger partial charge in [-0.1, -0.05) is 11.6 Å². The number of benzene rings is 1. The van der Waals surface area contributed by atoms with Crippen molar-refractivity contribution in [2.24, 2.45) is 0 Å². The fraction of sp³-hybridized carbons (Fsp3) is 0.118. The summed E-state index contributed by atoms with van der Waals surface area (Å²) in [6, 6.07) is 7.14. The van der Waals surface area contributed by atoms with Crippen LogP contribution in [0.1, 0.15) is 11.3 Å². The number of aromatic nitrogens is 2. The fourth-order valence-electron chi connectivity index (χ4n) is 2.28. The van der Waals surface area contributed by atoms with E-state index in [0.29, 0.717) is 16.4 Å². The van der Waals surface area contributed by atoms with Gasteiger partial charge in [-0.3, -0.25) is 9.59 Å². The number of rotatable bonds is 3. The van der Waals surface area contributed by atoms with Crippen LogP contribution in [0.5, 0.6) is 0 Å². The van der Waals surface area contributed by atoms with Crippen molar-refractivity contribution in [3.05, 3.63) is 65.1 Å². The molecular weight excluding hydrogens is 385 g/mol. The van der Waals surface area contributed by atoms with Crippen molar-refractivity contribution >= 4 is 34.7 Å². The molecule has 0 aliphatic carbocycles. The first-order chi connectivity index (χ1) is 12.7. The van der Waals surface area contributed by atoms with Crippen LogP contribution >= 0.6 is 11.6 Å². The second-order valence-corrected chi connectivity index (χ2v) is 5.99. The Morgan fingerprint density at radius 1 is 1.04 bits per heavy atom. The van der Waals surface area contributed by atoms with E-state index < -0.39 is 23.6 Å². The minimum atomic E-state index is -4.47. The van der Waals surface area contributed by atoms with E-state index in [1.165, 1.54) is 0 Å². The predicted molar refractivity (Wildman–Crippen MR) is 92.1 cm³/mol. The average molecular weight is 397 g/mol. The quantitative estimate of drug-likeness (QED) is 0.667. The summed E-state index contributed by atoms with van der Waals surface area (Å²) in [6.45, 7) is -0.00142. The number of carbonyl (C=O) groups is 2. The van der Waals surface area contributed by atoms with Gasteiger partial charge in [0, 0.05) is 18.1 Å². The summed E-state index contributed by atoms with van der Waals surface area (Å²) in [5.74, 6) is -1.94. The monoisotopic (exact) mass is 396 g/mol.